The first-order valence-corrected chi connectivity index (χ1v) is 5.02. The molecule has 0 unspecified atom stereocenters. The van der Waals surface area contributed by atoms with E-state index in [1.54, 1.807) is 0 Å². The fourth-order valence-corrected chi connectivity index (χ4v) is 1.63. The molecule has 0 heterocycles. The molecule has 1 saturated carbocycles. The van der Waals surface area contributed by atoms with E-state index in [4.69, 9.17) is 4.74 Å². The van der Waals surface area contributed by atoms with Crippen LogP contribution in [0.2, 0.25) is 0 Å². The Kier molecular flexibility index (Phi) is 8.53. The normalized spacial score (nSPS) is 17.6. The molecule has 3 heteroatoms. The SMILES string of the molecule is CCCC(=O)OC1CCCCC1.[CaH2]. The van der Waals surface area contributed by atoms with E-state index >= 15 is 0 Å². The third kappa shape index (κ3) is 5.92. The van der Waals surface area contributed by atoms with Crippen LogP contribution in [0, 0.1) is 0 Å². The molecule has 0 aromatic heterocycles. The van der Waals surface area contributed by atoms with Gasteiger partial charge in [0.25, 0.3) is 0 Å². The van der Waals surface area contributed by atoms with Gasteiger partial charge in [0.2, 0.25) is 0 Å². The Morgan fingerprint density at radius 2 is 1.92 bits per heavy atom. The van der Waals surface area contributed by atoms with Gasteiger partial charge in [0.1, 0.15) is 6.10 Å². The van der Waals surface area contributed by atoms with Crippen LogP contribution in [0.15, 0.2) is 0 Å². The second-order valence-corrected chi connectivity index (χ2v) is 3.50. The van der Waals surface area contributed by atoms with E-state index in [0.717, 1.165) is 19.3 Å². The zero-order valence-electron chi connectivity index (χ0n) is 7.84. The number of hydrogen-bond donors (Lipinski definition) is 0. The Bertz CT molecular complexity index is 142. The standard InChI is InChI=1S/C10H18O2.Ca.2H/c1-2-6-10(11)12-9-7-4-3-5-8-9;;;/h9H,2-8H2,1H3;;;. The van der Waals surface area contributed by atoms with Crippen molar-refractivity contribution in [3.8, 4) is 0 Å². The van der Waals surface area contributed by atoms with Crippen molar-refractivity contribution in [2.75, 3.05) is 0 Å². The first-order valence-electron chi connectivity index (χ1n) is 5.02. The third-order valence-electron chi connectivity index (χ3n) is 2.30. The van der Waals surface area contributed by atoms with Crippen molar-refractivity contribution >= 4 is 43.7 Å². The van der Waals surface area contributed by atoms with Crippen LogP contribution in [0.5, 0.6) is 0 Å². The molecule has 0 aromatic rings. The van der Waals surface area contributed by atoms with Crippen molar-refractivity contribution in [3.63, 3.8) is 0 Å². The van der Waals surface area contributed by atoms with E-state index in [1.165, 1.54) is 19.3 Å². The summed E-state index contributed by atoms with van der Waals surface area (Å²) in [5.74, 6) is -0.00981. The molecular formula is C10H20CaO2. The number of esters is 1. The Morgan fingerprint density at radius 3 is 2.46 bits per heavy atom. The summed E-state index contributed by atoms with van der Waals surface area (Å²) in [6, 6.07) is 0. The van der Waals surface area contributed by atoms with Crippen molar-refractivity contribution in [3.05, 3.63) is 0 Å². The molecule has 1 rings (SSSR count). The number of carbonyl (C=O) groups is 1. The molecule has 0 bridgehead atoms. The summed E-state index contributed by atoms with van der Waals surface area (Å²) in [5.41, 5.74) is 0. The van der Waals surface area contributed by atoms with Crippen molar-refractivity contribution in [2.24, 2.45) is 0 Å². The third-order valence-corrected chi connectivity index (χ3v) is 2.30. The quantitative estimate of drug-likeness (QED) is 0.526. The van der Waals surface area contributed by atoms with E-state index in [2.05, 4.69) is 0 Å². The molecule has 0 aliphatic heterocycles. The molecule has 0 amide bonds. The van der Waals surface area contributed by atoms with Crippen LogP contribution in [0.4, 0.5) is 0 Å². The van der Waals surface area contributed by atoms with Crippen LogP contribution in [0.25, 0.3) is 0 Å². The van der Waals surface area contributed by atoms with Crippen LogP contribution >= 0.6 is 0 Å². The van der Waals surface area contributed by atoms with Crippen molar-refractivity contribution in [2.45, 2.75) is 58.0 Å². The van der Waals surface area contributed by atoms with Gasteiger partial charge in [-0.05, 0) is 32.1 Å². The van der Waals surface area contributed by atoms with Crippen LogP contribution in [0.3, 0.4) is 0 Å². The summed E-state index contributed by atoms with van der Waals surface area (Å²) in [4.78, 5) is 11.1. The molecule has 2 nitrogen and oxygen atoms in total. The predicted molar refractivity (Wildman–Crippen MR) is 56.4 cm³/mol. The van der Waals surface area contributed by atoms with E-state index < -0.39 is 0 Å². The van der Waals surface area contributed by atoms with Gasteiger partial charge in [-0.2, -0.15) is 0 Å². The van der Waals surface area contributed by atoms with Gasteiger partial charge in [-0.3, -0.25) is 4.79 Å². The average molecular weight is 212 g/mol. The summed E-state index contributed by atoms with van der Waals surface area (Å²) in [6.45, 7) is 2.00. The van der Waals surface area contributed by atoms with Crippen LogP contribution in [-0.2, 0) is 9.53 Å². The van der Waals surface area contributed by atoms with Gasteiger partial charge in [0.15, 0.2) is 0 Å². The van der Waals surface area contributed by atoms with Gasteiger partial charge in [0.05, 0.1) is 0 Å². The second-order valence-electron chi connectivity index (χ2n) is 3.50. The fourth-order valence-electron chi connectivity index (χ4n) is 1.63. The summed E-state index contributed by atoms with van der Waals surface area (Å²) in [6.07, 6.45) is 7.63. The van der Waals surface area contributed by atoms with Gasteiger partial charge >= 0.3 is 43.7 Å². The van der Waals surface area contributed by atoms with Crippen molar-refractivity contribution < 1.29 is 9.53 Å². The van der Waals surface area contributed by atoms with Gasteiger partial charge in [-0.25, -0.2) is 0 Å². The Morgan fingerprint density at radius 1 is 1.31 bits per heavy atom. The zero-order chi connectivity index (χ0) is 8.81. The van der Waals surface area contributed by atoms with Gasteiger partial charge < -0.3 is 4.74 Å². The van der Waals surface area contributed by atoms with Gasteiger partial charge in [-0.15, -0.1) is 0 Å². The Balaban J connectivity index is 0.00000144. The van der Waals surface area contributed by atoms with E-state index in [1.807, 2.05) is 6.92 Å². The monoisotopic (exact) mass is 212 g/mol. The van der Waals surface area contributed by atoms with Crippen LogP contribution < -0.4 is 0 Å². The minimum atomic E-state index is -0.00981. The molecule has 1 aliphatic rings. The van der Waals surface area contributed by atoms with Crippen LogP contribution in [0.1, 0.15) is 51.9 Å². The molecule has 0 radical (unpaired) electrons. The molecular weight excluding hydrogens is 192 g/mol. The molecule has 1 aliphatic carbocycles. The van der Waals surface area contributed by atoms with Crippen LogP contribution in [-0.4, -0.2) is 49.8 Å². The van der Waals surface area contributed by atoms with E-state index in [9.17, 15) is 4.79 Å². The first-order chi connectivity index (χ1) is 5.83. The fraction of sp³-hybridized carbons (Fsp3) is 0.900. The Labute approximate surface area is 110 Å². The molecule has 0 N–H and O–H groups in total. The maximum absolute atomic E-state index is 11.1. The molecule has 0 aromatic carbocycles. The van der Waals surface area contributed by atoms with Crippen molar-refractivity contribution in [1.82, 2.24) is 0 Å². The molecule has 1 fully saturated rings. The summed E-state index contributed by atoms with van der Waals surface area (Å²) >= 11 is 0. The molecule has 13 heavy (non-hydrogen) atoms. The number of ether oxygens (including phenoxy) is 1. The summed E-state index contributed by atoms with van der Waals surface area (Å²) in [5, 5.41) is 0. The second kappa shape index (κ2) is 8.07. The number of rotatable bonds is 3. The van der Waals surface area contributed by atoms with Crippen molar-refractivity contribution in [1.29, 1.82) is 0 Å². The van der Waals surface area contributed by atoms with E-state index in [0.29, 0.717) is 6.42 Å². The molecule has 0 spiro atoms. The molecule has 0 atom stereocenters. The maximum atomic E-state index is 11.1. The topological polar surface area (TPSA) is 26.3 Å². The predicted octanol–water partition coefficient (Wildman–Crippen LogP) is 1.75. The van der Waals surface area contributed by atoms with Gasteiger partial charge in [0, 0.05) is 6.42 Å². The minimum absolute atomic E-state index is 0. The zero-order valence-corrected chi connectivity index (χ0v) is 7.84. The molecule has 74 valence electrons. The van der Waals surface area contributed by atoms with Gasteiger partial charge in [-0.1, -0.05) is 13.3 Å². The molecule has 0 saturated heterocycles. The average Bonchev–Trinajstić information content (AvgIpc) is 2.06. The first kappa shape index (κ1) is 13.7. The number of hydrogen-bond acceptors (Lipinski definition) is 2. The number of carbonyl (C=O) groups excluding carboxylic acids is 1. The summed E-state index contributed by atoms with van der Waals surface area (Å²) in [7, 11) is 0. The summed E-state index contributed by atoms with van der Waals surface area (Å²) < 4.78 is 5.29. The van der Waals surface area contributed by atoms with E-state index in [-0.39, 0.29) is 49.8 Å². The Hall–Kier alpha value is 0.730.